The van der Waals surface area contributed by atoms with E-state index in [1.807, 2.05) is 4.90 Å². The number of amides is 2. The molecule has 1 atom stereocenters. The topological polar surface area (TPSA) is 41.6 Å². The maximum absolute atomic E-state index is 12.0. The summed E-state index contributed by atoms with van der Waals surface area (Å²) in [6.45, 7) is 4.92. The Balaban J connectivity index is 1.70. The van der Waals surface area contributed by atoms with E-state index in [-0.39, 0.29) is 12.1 Å². The van der Waals surface area contributed by atoms with E-state index in [0.717, 1.165) is 25.8 Å². The third-order valence-corrected chi connectivity index (χ3v) is 4.04. The standard InChI is InChI=1S/C14H22N2O2S/c1-2-3-13-10-16(7-8-18-13)14(17)15-6-4-12-5-9-19-11-12/h5,9,11,13H,2-4,6-8,10H2,1H3,(H,15,17)/t13-/m0/s1. The Morgan fingerprint density at radius 3 is 3.26 bits per heavy atom. The molecule has 19 heavy (non-hydrogen) atoms. The molecule has 0 radical (unpaired) electrons. The third kappa shape index (κ3) is 4.51. The number of carbonyl (C=O) groups is 1. The van der Waals surface area contributed by atoms with Crippen LogP contribution in [-0.4, -0.2) is 43.3 Å². The van der Waals surface area contributed by atoms with Crippen molar-refractivity contribution in [2.24, 2.45) is 0 Å². The van der Waals surface area contributed by atoms with Crippen molar-refractivity contribution >= 4 is 17.4 Å². The molecule has 2 heterocycles. The molecule has 0 saturated carbocycles. The minimum Gasteiger partial charge on any atom is -0.375 e. The summed E-state index contributed by atoms with van der Waals surface area (Å²) in [5.41, 5.74) is 1.29. The highest BCUT2D eigenvalue weighted by molar-refractivity contribution is 7.07. The average molecular weight is 282 g/mol. The number of carbonyl (C=O) groups excluding carboxylic acids is 1. The molecule has 0 bridgehead atoms. The van der Waals surface area contributed by atoms with Crippen LogP contribution in [0.1, 0.15) is 25.3 Å². The maximum Gasteiger partial charge on any atom is 0.317 e. The fraction of sp³-hybridized carbons (Fsp3) is 0.643. The highest BCUT2D eigenvalue weighted by atomic mass is 32.1. The molecule has 2 amide bonds. The first-order valence-electron chi connectivity index (χ1n) is 6.95. The SMILES string of the molecule is CCC[C@H]1CN(C(=O)NCCc2ccsc2)CCO1. The average Bonchev–Trinajstić information content (AvgIpc) is 2.92. The van der Waals surface area contributed by atoms with Crippen LogP contribution in [0.2, 0.25) is 0 Å². The second kappa shape index (κ2) is 7.50. The Morgan fingerprint density at radius 1 is 1.63 bits per heavy atom. The maximum atomic E-state index is 12.0. The van der Waals surface area contributed by atoms with Crippen molar-refractivity contribution in [3.8, 4) is 0 Å². The number of morpholine rings is 1. The van der Waals surface area contributed by atoms with Gasteiger partial charge in [0.15, 0.2) is 0 Å². The summed E-state index contributed by atoms with van der Waals surface area (Å²) in [6.07, 6.45) is 3.23. The van der Waals surface area contributed by atoms with E-state index in [2.05, 4.69) is 29.1 Å². The van der Waals surface area contributed by atoms with Crippen LogP contribution in [0, 0.1) is 0 Å². The second-order valence-electron chi connectivity index (χ2n) is 4.84. The number of nitrogens with zero attached hydrogens (tertiary/aromatic N) is 1. The number of urea groups is 1. The van der Waals surface area contributed by atoms with Crippen molar-refractivity contribution in [1.29, 1.82) is 0 Å². The normalized spacial score (nSPS) is 19.4. The second-order valence-corrected chi connectivity index (χ2v) is 5.62. The molecule has 1 aliphatic heterocycles. The molecule has 1 aliphatic rings. The lowest BCUT2D eigenvalue weighted by Gasteiger charge is -2.32. The molecular formula is C14H22N2O2S. The lowest BCUT2D eigenvalue weighted by Crippen LogP contribution is -2.49. The molecule has 1 aromatic rings. The molecule has 0 unspecified atom stereocenters. The first-order valence-corrected chi connectivity index (χ1v) is 7.89. The van der Waals surface area contributed by atoms with Gasteiger partial charge in [0, 0.05) is 19.6 Å². The predicted molar refractivity (Wildman–Crippen MR) is 77.6 cm³/mol. The highest BCUT2D eigenvalue weighted by Gasteiger charge is 2.23. The van der Waals surface area contributed by atoms with E-state index in [1.165, 1.54) is 5.56 Å². The number of hydrogen-bond acceptors (Lipinski definition) is 3. The fourth-order valence-electron chi connectivity index (χ4n) is 2.26. The van der Waals surface area contributed by atoms with Gasteiger partial charge >= 0.3 is 6.03 Å². The van der Waals surface area contributed by atoms with Gasteiger partial charge in [-0.1, -0.05) is 13.3 Å². The first-order chi connectivity index (χ1) is 9.29. The summed E-state index contributed by atoms with van der Waals surface area (Å²) < 4.78 is 5.64. The Morgan fingerprint density at radius 2 is 2.53 bits per heavy atom. The zero-order valence-electron chi connectivity index (χ0n) is 11.4. The van der Waals surface area contributed by atoms with E-state index >= 15 is 0 Å². The van der Waals surface area contributed by atoms with Gasteiger partial charge in [-0.3, -0.25) is 0 Å². The van der Waals surface area contributed by atoms with E-state index in [9.17, 15) is 4.79 Å². The number of hydrogen-bond donors (Lipinski definition) is 1. The summed E-state index contributed by atoms with van der Waals surface area (Å²) in [5, 5.41) is 7.18. The number of ether oxygens (including phenoxy) is 1. The summed E-state index contributed by atoms with van der Waals surface area (Å²) >= 11 is 1.69. The molecule has 106 valence electrons. The highest BCUT2D eigenvalue weighted by Crippen LogP contribution is 2.10. The third-order valence-electron chi connectivity index (χ3n) is 3.31. The molecule has 5 heteroatoms. The minimum atomic E-state index is 0.0413. The van der Waals surface area contributed by atoms with Gasteiger partial charge in [-0.05, 0) is 35.2 Å². The number of nitrogens with one attached hydrogen (secondary N) is 1. The summed E-state index contributed by atoms with van der Waals surface area (Å²) in [6, 6.07) is 2.14. The summed E-state index contributed by atoms with van der Waals surface area (Å²) in [4.78, 5) is 13.9. The van der Waals surface area contributed by atoms with Crippen LogP contribution in [0.25, 0.3) is 0 Å². The van der Waals surface area contributed by atoms with Gasteiger partial charge in [-0.2, -0.15) is 11.3 Å². The predicted octanol–water partition coefficient (Wildman–Crippen LogP) is 2.50. The van der Waals surface area contributed by atoms with E-state index in [1.54, 1.807) is 11.3 Å². The molecule has 2 rings (SSSR count). The van der Waals surface area contributed by atoms with Crippen LogP contribution in [-0.2, 0) is 11.2 Å². The monoisotopic (exact) mass is 282 g/mol. The van der Waals surface area contributed by atoms with E-state index in [0.29, 0.717) is 19.7 Å². The molecule has 0 aromatic carbocycles. The van der Waals surface area contributed by atoms with Crippen LogP contribution in [0.4, 0.5) is 4.79 Å². The molecule has 4 nitrogen and oxygen atoms in total. The van der Waals surface area contributed by atoms with Gasteiger partial charge in [0.25, 0.3) is 0 Å². The van der Waals surface area contributed by atoms with Gasteiger partial charge in [0.2, 0.25) is 0 Å². The molecule has 0 aliphatic carbocycles. The van der Waals surface area contributed by atoms with E-state index in [4.69, 9.17) is 4.74 Å². The Labute approximate surface area is 118 Å². The quantitative estimate of drug-likeness (QED) is 0.901. The van der Waals surface area contributed by atoms with Crippen molar-refractivity contribution < 1.29 is 9.53 Å². The van der Waals surface area contributed by atoms with Crippen LogP contribution in [0.3, 0.4) is 0 Å². The minimum absolute atomic E-state index is 0.0413. The lowest BCUT2D eigenvalue weighted by molar-refractivity contribution is -0.0180. The molecule has 1 aromatic heterocycles. The van der Waals surface area contributed by atoms with Crippen molar-refractivity contribution in [3.05, 3.63) is 22.4 Å². The van der Waals surface area contributed by atoms with Gasteiger partial charge < -0.3 is 15.0 Å². The van der Waals surface area contributed by atoms with Crippen molar-refractivity contribution in [2.45, 2.75) is 32.3 Å². The smallest absolute Gasteiger partial charge is 0.317 e. The summed E-state index contributed by atoms with van der Waals surface area (Å²) in [7, 11) is 0. The zero-order chi connectivity index (χ0) is 13.5. The molecule has 1 N–H and O–H groups in total. The number of thiophene rings is 1. The fourth-order valence-corrected chi connectivity index (χ4v) is 2.96. The molecular weight excluding hydrogens is 260 g/mol. The summed E-state index contributed by atoms with van der Waals surface area (Å²) in [5.74, 6) is 0. The van der Waals surface area contributed by atoms with Crippen LogP contribution >= 0.6 is 11.3 Å². The van der Waals surface area contributed by atoms with Gasteiger partial charge in [0.05, 0.1) is 12.7 Å². The lowest BCUT2D eigenvalue weighted by atomic mass is 10.2. The molecule has 0 spiro atoms. The van der Waals surface area contributed by atoms with Gasteiger partial charge in [-0.15, -0.1) is 0 Å². The van der Waals surface area contributed by atoms with Crippen molar-refractivity contribution in [3.63, 3.8) is 0 Å². The largest absolute Gasteiger partial charge is 0.375 e. The molecule has 1 fully saturated rings. The number of rotatable bonds is 5. The van der Waals surface area contributed by atoms with Gasteiger partial charge in [-0.25, -0.2) is 4.79 Å². The van der Waals surface area contributed by atoms with Gasteiger partial charge in [0.1, 0.15) is 0 Å². The van der Waals surface area contributed by atoms with Crippen molar-refractivity contribution in [1.82, 2.24) is 10.2 Å². The van der Waals surface area contributed by atoms with Crippen LogP contribution in [0.15, 0.2) is 16.8 Å². The zero-order valence-corrected chi connectivity index (χ0v) is 12.2. The molecule has 1 saturated heterocycles. The Hall–Kier alpha value is -1.07. The first kappa shape index (κ1) is 14.3. The van der Waals surface area contributed by atoms with Crippen LogP contribution in [0.5, 0.6) is 0 Å². The Bertz CT molecular complexity index is 379. The van der Waals surface area contributed by atoms with Crippen molar-refractivity contribution in [2.75, 3.05) is 26.2 Å². The Kier molecular flexibility index (Phi) is 5.66. The van der Waals surface area contributed by atoms with E-state index < -0.39 is 0 Å². The van der Waals surface area contributed by atoms with Crippen LogP contribution < -0.4 is 5.32 Å².